The van der Waals surface area contributed by atoms with E-state index in [1.807, 2.05) is 13.8 Å². The number of carbonyl (C=O) groups is 2. The van der Waals surface area contributed by atoms with Crippen molar-refractivity contribution < 1.29 is 23.9 Å². The van der Waals surface area contributed by atoms with Gasteiger partial charge in [-0.25, -0.2) is 0 Å². The number of allylic oxidation sites excluding steroid dienone is 1. The van der Waals surface area contributed by atoms with Gasteiger partial charge in [-0.1, -0.05) is 25.3 Å². The number of terminal acetylenes is 1. The summed E-state index contributed by atoms with van der Waals surface area (Å²) in [5.74, 6) is -0.999. The molecule has 0 aromatic heterocycles. The summed E-state index contributed by atoms with van der Waals surface area (Å²) in [5.41, 5.74) is -1.90. The highest BCUT2D eigenvalue weighted by Gasteiger charge is 2.65. The summed E-state index contributed by atoms with van der Waals surface area (Å²) in [6.07, 6.45) is 0.904. The van der Waals surface area contributed by atoms with Gasteiger partial charge in [0.1, 0.15) is 1.37 Å². The van der Waals surface area contributed by atoms with Gasteiger partial charge in [-0.3, -0.25) is 9.59 Å². The van der Waals surface area contributed by atoms with Crippen LogP contribution in [0, 0.1) is 41.4 Å². The molecule has 0 spiro atoms. The normalized spacial score (nSPS) is 51.9. The molecule has 3 saturated carbocycles. The predicted molar refractivity (Wildman–Crippen MR) is 109 cm³/mol. The Morgan fingerprint density at radius 1 is 1.36 bits per heavy atom. The summed E-state index contributed by atoms with van der Waals surface area (Å²) in [5, 5.41) is 0. The topological polar surface area (TPSA) is 43.4 Å². The molecule has 6 atom stereocenters. The van der Waals surface area contributed by atoms with Crippen molar-refractivity contribution in [2.75, 3.05) is 0 Å². The lowest BCUT2D eigenvalue weighted by Gasteiger charge is -2.56. The van der Waals surface area contributed by atoms with Crippen molar-refractivity contribution in [1.82, 2.24) is 0 Å². The van der Waals surface area contributed by atoms with E-state index in [2.05, 4.69) is 12.3 Å². The van der Waals surface area contributed by atoms with Crippen LogP contribution in [-0.2, 0) is 14.3 Å². The molecule has 4 aliphatic carbocycles. The Morgan fingerprint density at radius 2 is 2.21 bits per heavy atom. The van der Waals surface area contributed by atoms with Gasteiger partial charge < -0.3 is 4.74 Å². The Hall–Kier alpha value is -1.56. The molecule has 28 heavy (non-hydrogen) atoms. The Kier molecular flexibility index (Phi) is 3.39. The van der Waals surface area contributed by atoms with Crippen LogP contribution in [0.1, 0.15) is 94.0 Å². The van der Waals surface area contributed by atoms with Gasteiger partial charge in [-0.2, -0.15) is 0 Å². The van der Waals surface area contributed by atoms with E-state index < -0.39 is 53.8 Å². The van der Waals surface area contributed by atoms with Crippen LogP contribution < -0.4 is 0 Å². The van der Waals surface area contributed by atoms with E-state index in [0.717, 1.165) is 0 Å². The number of carbonyl (C=O) groups excluding carboxylic acids is 2. The van der Waals surface area contributed by atoms with Crippen LogP contribution >= 0.6 is 0 Å². The second-order valence-electron chi connectivity index (χ2n) is 8.73. The number of ether oxygens (including phenoxy) is 1. The molecule has 4 unspecified atom stereocenters. The van der Waals surface area contributed by atoms with Crippen molar-refractivity contribution in [3.05, 3.63) is 11.6 Å². The Labute approximate surface area is 179 Å². The van der Waals surface area contributed by atoms with Gasteiger partial charge in [0.2, 0.25) is 0 Å². The summed E-state index contributed by atoms with van der Waals surface area (Å²) in [4.78, 5) is 25.2. The van der Waals surface area contributed by atoms with Crippen molar-refractivity contribution in [3.63, 3.8) is 0 Å². The van der Waals surface area contributed by atoms with Crippen LogP contribution in [0.2, 0.25) is 0 Å². The van der Waals surface area contributed by atoms with E-state index in [4.69, 9.17) is 13.0 Å². The van der Waals surface area contributed by atoms with Gasteiger partial charge in [-0.15, -0.1) is 6.40 Å². The zero-order valence-electron chi connectivity index (χ0n) is 23.8. The molecule has 3 heteroatoms. The van der Waals surface area contributed by atoms with Crippen LogP contribution in [0.15, 0.2) is 11.6 Å². The molecule has 0 radical (unpaired) electrons. The number of rotatable bonds is 4. The van der Waals surface area contributed by atoms with Crippen LogP contribution in [0.5, 0.6) is 0 Å². The largest absolute Gasteiger partial charge is 0.445 e. The lowest BCUT2D eigenvalue weighted by molar-refractivity contribution is -0.173. The molecule has 3 fully saturated rings. The van der Waals surface area contributed by atoms with Gasteiger partial charge in [0.15, 0.2) is 11.4 Å². The molecule has 0 heterocycles. The number of hydrogen-bond acceptors (Lipinski definition) is 3. The van der Waals surface area contributed by atoms with Crippen molar-refractivity contribution in [2.45, 2.75) is 90.0 Å². The van der Waals surface area contributed by atoms with Crippen LogP contribution in [0.4, 0.5) is 0 Å². The van der Waals surface area contributed by atoms with E-state index in [-0.39, 0.29) is 36.2 Å². The van der Waals surface area contributed by atoms with E-state index in [1.165, 1.54) is 0 Å². The molecule has 0 aliphatic heterocycles. The van der Waals surface area contributed by atoms with Gasteiger partial charge >= 0.3 is 5.97 Å². The number of hydrogen-bond donors (Lipinski definition) is 0. The average molecular weight is 390 g/mol. The zero-order chi connectivity index (χ0) is 26.0. The highest BCUT2D eigenvalue weighted by atomic mass is 16.6. The standard InChI is InChI=1S/C25H34O3/c1-4-7-23(27)28-25(6-3)15-13-22-21-10-8-17-16-18(26)9-11-19(17)20(21)12-14-24(22,25)5-2/h3,16,19-22H,4-5,7-15H2,1-2H3/t19?,20?,21?,22?,24-,25-/m0/s1/i3D,8D2,9D2,16D,19D. The number of esters is 1. The lowest BCUT2D eigenvalue weighted by atomic mass is 9.49. The van der Waals surface area contributed by atoms with Gasteiger partial charge in [0, 0.05) is 25.1 Å². The SMILES string of the molecule is [2H]C#C[C@]1(OC(=O)CCC)CCC2C3CC([2H])([2H])C4=C([2H])C(=O)C([2H])([2H])CC4([2H])C3CC[C@@]21CC. The highest BCUT2D eigenvalue weighted by Crippen LogP contribution is 2.67. The second kappa shape index (κ2) is 7.36. The average Bonchev–Trinajstić information content (AvgIpc) is 3.06. The van der Waals surface area contributed by atoms with Crippen molar-refractivity contribution in [3.8, 4) is 12.3 Å². The Balaban J connectivity index is 1.82. The van der Waals surface area contributed by atoms with E-state index >= 15 is 0 Å². The number of fused-ring (bicyclic) bond motifs is 5. The third kappa shape index (κ3) is 2.78. The van der Waals surface area contributed by atoms with Crippen LogP contribution in [0.3, 0.4) is 0 Å². The van der Waals surface area contributed by atoms with Gasteiger partial charge in [0.05, 0.1) is 1.37 Å². The van der Waals surface area contributed by atoms with Gasteiger partial charge in [-0.05, 0) is 87.4 Å². The fourth-order valence-corrected chi connectivity index (χ4v) is 6.55. The minimum absolute atomic E-state index is 0.0337. The first-order chi connectivity index (χ1) is 16.2. The third-order valence-corrected chi connectivity index (χ3v) is 7.79. The molecule has 0 amide bonds. The molecule has 4 aliphatic rings. The maximum atomic E-state index is 12.6. The summed E-state index contributed by atoms with van der Waals surface area (Å²) >= 11 is 0. The van der Waals surface area contributed by atoms with Crippen molar-refractivity contribution >= 4 is 11.8 Å². The molecule has 152 valence electrons. The van der Waals surface area contributed by atoms with E-state index in [1.54, 1.807) is 0 Å². The van der Waals surface area contributed by atoms with Crippen LogP contribution in [-0.4, -0.2) is 17.4 Å². The minimum Gasteiger partial charge on any atom is -0.445 e. The molecule has 0 aromatic carbocycles. The molecule has 0 bridgehead atoms. The molecule has 0 N–H and O–H groups in total. The molecule has 3 nitrogen and oxygen atoms in total. The lowest BCUT2D eigenvalue weighted by Crippen LogP contribution is -2.55. The van der Waals surface area contributed by atoms with E-state index in [0.29, 0.717) is 38.5 Å². The molecule has 0 aromatic rings. The molecular formula is C25H34O3. The summed E-state index contributed by atoms with van der Waals surface area (Å²) in [6, 6.07) is -0.679. The molecule has 0 saturated heterocycles. The first-order valence-electron chi connectivity index (χ1n) is 14.2. The fraction of sp³-hybridized carbons (Fsp3) is 0.760. The van der Waals surface area contributed by atoms with E-state index in [9.17, 15) is 11.0 Å². The van der Waals surface area contributed by atoms with Crippen LogP contribution in [0.25, 0.3) is 0 Å². The quantitative estimate of drug-likeness (QED) is 0.488. The number of ketones is 1. The predicted octanol–water partition coefficient (Wildman–Crippen LogP) is 5.23. The molecular weight excluding hydrogens is 348 g/mol. The van der Waals surface area contributed by atoms with Crippen molar-refractivity contribution in [2.24, 2.45) is 29.1 Å². The maximum Gasteiger partial charge on any atom is 0.307 e. The van der Waals surface area contributed by atoms with Crippen molar-refractivity contribution in [1.29, 1.82) is 0 Å². The minimum atomic E-state index is -2.38. The Bertz CT molecular complexity index is 1030. The molecule has 4 rings (SSSR count). The second-order valence-corrected chi connectivity index (χ2v) is 8.73. The van der Waals surface area contributed by atoms with Gasteiger partial charge in [0.25, 0.3) is 0 Å². The third-order valence-electron chi connectivity index (χ3n) is 7.79. The first kappa shape index (κ1) is 12.9. The summed E-state index contributed by atoms with van der Waals surface area (Å²) in [6.45, 7) is 3.89. The highest BCUT2D eigenvalue weighted by molar-refractivity contribution is 5.91. The maximum absolute atomic E-state index is 12.6. The fourth-order valence-electron chi connectivity index (χ4n) is 6.55. The summed E-state index contributed by atoms with van der Waals surface area (Å²) in [7, 11) is 0. The monoisotopic (exact) mass is 389 g/mol. The Morgan fingerprint density at radius 3 is 2.96 bits per heavy atom. The summed E-state index contributed by atoms with van der Waals surface area (Å²) < 4.78 is 65.5. The zero-order valence-corrected chi connectivity index (χ0v) is 16.8. The smallest absolute Gasteiger partial charge is 0.307 e. The first-order valence-corrected chi connectivity index (χ1v) is 10.7.